The number of hydrogen-bond donors (Lipinski definition) is 1. The molecule has 2 rings (SSSR count). The summed E-state index contributed by atoms with van der Waals surface area (Å²) in [5.74, 6) is 0.0118. The monoisotopic (exact) mass is 300 g/mol. The molecule has 0 bridgehead atoms. The molecule has 18 heavy (non-hydrogen) atoms. The first kappa shape index (κ1) is 13.1. The first-order valence-electron chi connectivity index (χ1n) is 4.94. The van der Waals surface area contributed by atoms with Gasteiger partial charge < -0.3 is 5.32 Å². The Balaban J connectivity index is 2.22. The van der Waals surface area contributed by atoms with Crippen molar-refractivity contribution in [1.29, 1.82) is 0 Å². The number of anilines is 1. The summed E-state index contributed by atoms with van der Waals surface area (Å²) in [6.45, 7) is 0. The molecule has 0 saturated heterocycles. The fourth-order valence-corrected chi connectivity index (χ4v) is 2.04. The quantitative estimate of drug-likeness (QED) is 0.841. The van der Waals surface area contributed by atoms with Crippen LogP contribution in [0, 0.1) is 0 Å². The lowest BCUT2D eigenvalue weighted by Gasteiger charge is -2.05. The van der Waals surface area contributed by atoms with Crippen LogP contribution >= 0.6 is 34.8 Å². The van der Waals surface area contributed by atoms with Gasteiger partial charge in [0.1, 0.15) is 11.0 Å². The molecule has 1 amide bonds. The van der Waals surface area contributed by atoms with Crippen molar-refractivity contribution in [2.75, 3.05) is 5.32 Å². The zero-order valence-corrected chi connectivity index (χ0v) is 11.2. The Hall–Kier alpha value is -1.29. The molecule has 0 fully saturated rings. The Bertz CT molecular complexity index is 581. The summed E-state index contributed by atoms with van der Waals surface area (Å²) in [6, 6.07) is 9.54. The first-order valence-corrected chi connectivity index (χ1v) is 6.08. The molecule has 1 aromatic carbocycles. The molecule has 0 aliphatic rings. The summed E-state index contributed by atoms with van der Waals surface area (Å²) in [4.78, 5) is 15.9. The number of rotatable bonds is 2. The number of aromatic nitrogens is 1. The molecule has 0 spiro atoms. The highest BCUT2D eigenvalue weighted by atomic mass is 35.5. The second-order valence-electron chi connectivity index (χ2n) is 3.46. The van der Waals surface area contributed by atoms with Crippen LogP contribution in [0.3, 0.4) is 0 Å². The Morgan fingerprint density at radius 3 is 2.33 bits per heavy atom. The standard InChI is InChI=1S/C12H7Cl3N2O/c13-8-4-7(5-9(14)6-8)12(18)17-11-3-1-2-10(15)16-11/h1-6H,(H,16,17,18). The van der Waals surface area contributed by atoms with Crippen molar-refractivity contribution in [3.63, 3.8) is 0 Å². The third kappa shape index (κ3) is 3.35. The Morgan fingerprint density at radius 2 is 1.72 bits per heavy atom. The molecule has 1 N–H and O–H groups in total. The smallest absolute Gasteiger partial charge is 0.256 e. The van der Waals surface area contributed by atoms with E-state index >= 15 is 0 Å². The third-order valence-corrected chi connectivity index (χ3v) is 2.73. The van der Waals surface area contributed by atoms with Gasteiger partial charge in [-0.3, -0.25) is 4.79 Å². The van der Waals surface area contributed by atoms with E-state index in [1.165, 1.54) is 12.1 Å². The minimum absolute atomic E-state index is 0.303. The van der Waals surface area contributed by atoms with Gasteiger partial charge in [0.05, 0.1) is 0 Å². The normalized spacial score (nSPS) is 10.2. The van der Waals surface area contributed by atoms with Crippen molar-refractivity contribution >= 4 is 46.5 Å². The van der Waals surface area contributed by atoms with Crippen LogP contribution in [0.5, 0.6) is 0 Å². The molecule has 1 heterocycles. The van der Waals surface area contributed by atoms with Gasteiger partial charge >= 0.3 is 0 Å². The molecule has 0 unspecified atom stereocenters. The molecule has 0 aliphatic heterocycles. The number of carbonyl (C=O) groups is 1. The zero-order valence-electron chi connectivity index (χ0n) is 8.95. The number of hydrogen-bond acceptors (Lipinski definition) is 2. The van der Waals surface area contributed by atoms with Crippen LogP contribution in [-0.4, -0.2) is 10.9 Å². The number of nitrogens with one attached hydrogen (secondary N) is 1. The van der Waals surface area contributed by atoms with Crippen LogP contribution in [0.15, 0.2) is 36.4 Å². The number of halogens is 3. The second kappa shape index (κ2) is 5.57. The lowest BCUT2D eigenvalue weighted by molar-refractivity contribution is 0.102. The maximum atomic E-state index is 11.9. The SMILES string of the molecule is O=C(Nc1cccc(Cl)n1)c1cc(Cl)cc(Cl)c1. The Morgan fingerprint density at radius 1 is 1.06 bits per heavy atom. The molecule has 1 aromatic heterocycles. The molecular formula is C12H7Cl3N2O. The second-order valence-corrected chi connectivity index (χ2v) is 4.72. The summed E-state index contributed by atoms with van der Waals surface area (Å²) < 4.78 is 0. The van der Waals surface area contributed by atoms with E-state index in [1.807, 2.05) is 0 Å². The predicted octanol–water partition coefficient (Wildman–Crippen LogP) is 4.29. The van der Waals surface area contributed by atoms with Crippen LogP contribution in [0.1, 0.15) is 10.4 Å². The maximum absolute atomic E-state index is 11.9. The molecular weight excluding hydrogens is 295 g/mol. The van der Waals surface area contributed by atoms with Gasteiger partial charge in [-0.2, -0.15) is 0 Å². The maximum Gasteiger partial charge on any atom is 0.256 e. The van der Waals surface area contributed by atoms with Gasteiger partial charge in [-0.25, -0.2) is 4.98 Å². The third-order valence-electron chi connectivity index (χ3n) is 2.08. The van der Waals surface area contributed by atoms with Crippen molar-refractivity contribution in [3.8, 4) is 0 Å². The van der Waals surface area contributed by atoms with Gasteiger partial charge in [-0.15, -0.1) is 0 Å². The highest BCUT2D eigenvalue weighted by molar-refractivity contribution is 6.35. The number of amides is 1. The van der Waals surface area contributed by atoms with Crippen molar-refractivity contribution in [2.24, 2.45) is 0 Å². The molecule has 0 atom stereocenters. The Labute approximate surface area is 119 Å². The number of benzene rings is 1. The van der Waals surface area contributed by atoms with Crippen LogP contribution in [0.4, 0.5) is 5.82 Å². The molecule has 3 nitrogen and oxygen atoms in total. The fraction of sp³-hybridized carbons (Fsp3) is 0. The minimum Gasteiger partial charge on any atom is -0.307 e. The summed E-state index contributed by atoms with van der Waals surface area (Å²) in [6.07, 6.45) is 0. The van der Waals surface area contributed by atoms with E-state index in [-0.39, 0.29) is 5.91 Å². The highest BCUT2D eigenvalue weighted by Gasteiger charge is 2.09. The number of carbonyl (C=O) groups excluding carboxylic acids is 1. The van der Waals surface area contributed by atoms with Crippen molar-refractivity contribution < 1.29 is 4.79 Å². The number of nitrogens with zero attached hydrogens (tertiary/aromatic N) is 1. The van der Waals surface area contributed by atoms with Gasteiger partial charge in [0, 0.05) is 15.6 Å². The van der Waals surface area contributed by atoms with Crippen LogP contribution in [0.25, 0.3) is 0 Å². The van der Waals surface area contributed by atoms with E-state index < -0.39 is 0 Å². The largest absolute Gasteiger partial charge is 0.307 e. The van der Waals surface area contributed by atoms with Crippen molar-refractivity contribution in [2.45, 2.75) is 0 Å². The minimum atomic E-state index is -0.353. The first-order chi connectivity index (χ1) is 8.54. The van der Waals surface area contributed by atoms with Crippen LogP contribution < -0.4 is 5.32 Å². The van der Waals surface area contributed by atoms with E-state index in [2.05, 4.69) is 10.3 Å². The van der Waals surface area contributed by atoms with Crippen molar-refractivity contribution in [1.82, 2.24) is 4.98 Å². The Kier molecular flexibility index (Phi) is 4.07. The summed E-state index contributed by atoms with van der Waals surface area (Å²) in [5.41, 5.74) is 0.356. The predicted molar refractivity (Wildman–Crippen MR) is 73.7 cm³/mol. The lowest BCUT2D eigenvalue weighted by atomic mass is 10.2. The highest BCUT2D eigenvalue weighted by Crippen LogP contribution is 2.20. The number of pyridine rings is 1. The average Bonchev–Trinajstić information content (AvgIpc) is 2.27. The topological polar surface area (TPSA) is 42.0 Å². The lowest BCUT2D eigenvalue weighted by Crippen LogP contribution is -2.12. The molecule has 0 saturated carbocycles. The molecule has 0 radical (unpaired) electrons. The molecule has 2 aromatic rings. The van der Waals surface area contributed by atoms with E-state index in [4.69, 9.17) is 34.8 Å². The molecule has 0 aliphatic carbocycles. The van der Waals surface area contributed by atoms with Crippen molar-refractivity contribution in [3.05, 3.63) is 57.2 Å². The van der Waals surface area contributed by atoms with E-state index in [1.54, 1.807) is 24.3 Å². The zero-order chi connectivity index (χ0) is 13.1. The van der Waals surface area contributed by atoms with Gasteiger partial charge in [0.15, 0.2) is 0 Å². The van der Waals surface area contributed by atoms with Crippen LogP contribution in [-0.2, 0) is 0 Å². The molecule has 6 heteroatoms. The molecule has 92 valence electrons. The fourth-order valence-electron chi connectivity index (χ4n) is 1.35. The van der Waals surface area contributed by atoms with Gasteiger partial charge in [-0.1, -0.05) is 40.9 Å². The van der Waals surface area contributed by atoms with E-state index in [9.17, 15) is 4.79 Å². The van der Waals surface area contributed by atoms with Gasteiger partial charge in [0.2, 0.25) is 0 Å². The van der Waals surface area contributed by atoms with Crippen LogP contribution in [0.2, 0.25) is 15.2 Å². The average molecular weight is 302 g/mol. The van der Waals surface area contributed by atoms with Gasteiger partial charge in [-0.05, 0) is 30.3 Å². The summed E-state index contributed by atoms with van der Waals surface area (Å²) >= 11 is 17.4. The van der Waals surface area contributed by atoms with E-state index in [0.717, 1.165) is 0 Å². The van der Waals surface area contributed by atoms with E-state index in [0.29, 0.717) is 26.6 Å². The summed E-state index contributed by atoms with van der Waals surface area (Å²) in [5, 5.41) is 3.69. The van der Waals surface area contributed by atoms with Gasteiger partial charge in [0.25, 0.3) is 5.91 Å². The summed E-state index contributed by atoms with van der Waals surface area (Å²) in [7, 11) is 0.